The fourth-order valence-corrected chi connectivity index (χ4v) is 5.15. The van der Waals surface area contributed by atoms with Crippen LogP contribution in [0.2, 0.25) is 0 Å². The maximum atomic E-state index is 13.0. The molecule has 0 bridgehead atoms. The minimum absolute atomic E-state index is 0.0149. The lowest BCUT2D eigenvalue weighted by Gasteiger charge is -2.35. The molecule has 0 aromatic heterocycles. The molecule has 9 nitrogen and oxygen atoms in total. The summed E-state index contributed by atoms with van der Waals surface area (Å²) >= 11 is 0. The van der Waals surface area contributed by atoms with Crippen molar-refractivity contribution in [3.63, 3.8) is 0 Å². The molecule has 0 atom stereocenters. The first-order valence-corrected chi connectivity index (χ1v) is 14.5. The minimum Gasteiger partial charge on any atom is -0.484 e. The second-order valence-electron chi connectivity index (χ2n) is 11.1. The lowest BCUT2D eigenvalue weighted by molar-refractivity contribution is -0.139. The highest BCUT2D eigenvalue weighted by Gasteiger charge is 2.33. The van der Waals surface area contributed by atoms with Crippen LogP contribution in [-0.4, -0.2) is 79.1 Å². The second-order valence-corrected chi connectivity index (χ2v) is 11.1. The van der Waals surface area contributed by atoms with E-state index in [0.29, 0.717) is 12.3 Å². The van der Waals surface area contributed by atoms with E-state index >= 15 is 0 Å². The molecule has 9 heteroatoms. The van der Waals surface area contributed by atoms with Crippen molar-refractivity contribution in [2.75, 3.05) is 56.6 Å². The highest BCUT2D eigenvalue weighted by Crippen LogP contribution is 2.34. The number of para-hydroxylation sites is 1. The number of hydrogen-bond donors (Lipinski definition) is 2. The number of rotatable bonds is 12. The number of carbonyl (C=O) groups is 3. The van der Waals surface area contributed by atoms with Gasteiger partial charge >= 0.3 is 5.97 Å². The molecule has 1 heterocycles. The van der Waals surface area contributed by atoms with Crippen molar-refractivity contribution < 1.29 is 24.2 Å². The molecule has 1 aliphatic heterocycles. The number of benzene rings is 3. The number of carboxylic acids is 1. The molecule has 2 fully saturated rings. The first-order valence-electron chi connectivity index (χ1n) is 14.5. The van der Waals surface area contributed by atoms with Crippen molar-refractivity contribution in [3.05, 3.63) is 78.4 Å². The third-order valence-corrected chi connectivity index (χ3v) is 7.70. The molecule has 42 heavy (non-hydrogen) atoms. The van der Waals surface area contributed by atoms with Crippen LogP contribution < -0.4 is 15.0 Å². The Morgan fingerprint density at radius 3 is 2.38 bits per heavy atom. The molecule has 2 aliphatic rings. The van der Waals surface area contributed by atoms with Crippen LogP contribution in [0.1, 0.15) is 24.8 Å². The largest absolute Gasteiger partial charge is 0.484 e. The first kappa shape index (κ1) is 29.1. The highest BCUT2D eigenvalue weighted by molar-refractivity contribution is 5.96. The summed E-state index contributed by atoms with van der Waals surface area (Å²) in [5.41, 5.74) is 4.49. The third kappa shape index (κ3) is 7.88. The summed E-state index contributed by atoms with van der Waals surface area (Å²) in [5, 5.41) is 12.3. The van der Waals surface area contributed by atoms with Gasteiger partial charge in [0.15, 0.2) is 6.61 Å². The van der Waals surface area contributed by atoms with E-state index in [1.165, 1.54) is 0 Å². The predicted octanol–water partition coefficient (Wildman–Crippen LogP) is 4.34. The zero-order valence-electron chi connectivity index (χ0n) is 24.0. The highest BCUT2D eigenvalue weighted by atomic mass is 16.5. The fraction of sp³-hybridized carbons (Fsp3) is 0.364. The lowest BCUT2D eigenvalue weighted by atomic mass is 10.0. The number of amides is 2. The molecule has 3 aromatic rings. The van der Waals surface area contributed by atoms with Gasteiger partial charge in [-0.3, -0.25) is 14.4 Å². The van der Waals surface area contributed by atoms with E-state index < -0.39 is 5.97 Å². The summed E-state index contributed by atoms with van der Waals surface area (Å²) in [5.74, 6) is -0.480. The Bertz CT molecular complexity index is 1400. The van der Waals surface area contributed by atoms with Gasteiger partial charge in [0.1, 0.15) is 5.75 Å². The van der Waals surface area contributed by atoms with Crippen molar-refractivity contribution in [1.29, 1.82) is 0 Å². The van der Waals surface area contributed by atoms with Crippen LogP contribution >= 0.6 is 0 Å². The Morgan fingerprint density at radius 1 is 0.929 bits per heavy atom. The molecular weight excluding hydrogens is 532 g/mol. The maximum Gasteiger partial charge on any atom is 0.305 e. The number of hydrogen-bond acceptors (Lipinski definition) is 6. The summed E-state index contributed by atoms with van der Waals surface area (Å²) < 4.78 is 5.68. The Kier molecular flexibility index (Phi) is 9.38. The molecule has 0 radical (unpaired) electrons. The van der Waals surface area contributed by atoms with Crippen LogP contribution in [0.3, 0.4) is 0 Å². The number of carboxylic acid groups (broad SMARTS) is 1. The van der Waals surface area contributed by atoms with Gasteiger partial charge in [-0.2, -0.15) is 0 Å². The summed E-state index contributed by atoms with van der Waals surface area (Å²) in [6.45, 7) is 4.03. The second kappa shape index (κ2) is 13.5. The Morgan fingerprint density at radius 2 is 1.67 bits per heavy atom. The molecule has 5 rings (SSSR count). The van der Waals surface area contributed by atoms with E-state index in [9.17, 15) is 19.5 Å². The van der Waals surface area contributed by atoms with Gasteiger partial charge in [-0.05, 0) is 66.9 Å². The summed E-state index contributed by atoms with van der Waals surface area (Å²) in [6, 6.07) is 23.3. The zero-order valence-corrected chi connectivity index (χ0v) is 24.0. The van der Waals surface area contributed by atoms with E-state index in [4.69, 9.17) is 4.74 Å². The number of nitrogens with zero attached hydrogens (tertiary/aromatic N) is 3. The smallest absolute Gasteiger partial charge is 0.305 e. The quantitative estimate of drug-likeness (QED) is 0.334. The normalized spacial score (nSPS) is 15.2. The third-order valence-electron chi connectivity index (χ3n) is 7.70. The van der Waals surface area contributed by atoms with Gasteiger partial charge in [0.05, 0.1) is 17.8 Å². The number of ether oxygens (including phenoxy) is 1. The van der Waals surface area contributed by atoms with Crippen LogP contribution in [0.4, 0.5) is 11.4 Å². The monoisotopic (exact) mass is 570 g/mol. The minimum atomic E-state index is -0.915. The van der Waals surface area contributed by atoms with Gasteiger partial charge in [-0.25, -0.2) is 0 Å². The molecule has 1 aliphatic carbocycles. The van der Waals surface area contributed by atoms with E-state index in [1.54, 1.807) is 4.90 Å². The molecule has 0 spiro atoms. The summed E-state index contributed by atoms with van der Waals surface area (Å²) in [7, 11) is 2.11. The number of likely N-dealkylation sites (N-methyl/N-ethyl adjacent to an activating group) is 1. The molecule has 1 saturated carbocycles. The number of piperazine rings is 1. The number of nitrogens with one attached hydrogen (secondary N) is 1. The Balaban J connectivity index is 1.36. The lowest BCUT2D eigenvalue weighted by Crippen LogP contribution is -2.44. The summed E-state index contributed by atoms with van der Waals surface area (Å²) in [6.07, 6.45) is 1.66. The average Bonchev–Trinajstić information content (AvgIpc) is 3.85. The Labute approximate surface area is 246 Å². The van der Waals surface area contributed by atoms with Crippen LogP contribution in [0.15, 0.2) is 72.8 Å². The summed E-state index contributed by atoms with van der Waals surface area (Å²) in [4.78, 5) is 43.3. The molecular formula is C33H38N4O5. The SMILES string of the molecule is CN1CCN(c2ccc(-c3cccc(CN(CCC(=O)O)C(=O)C4CC4)c3)cc2NC(=O)COc2ccccc2)CC1. The fourth-order valence-electron chi connectivity index (χ4n) is 5.15. The van der Waals surface area contributed by atoms with Gasteiger partial charge in [0.2, 0.25) is 5.91 Å². The van der Waals surface area contributed by atoms with Crippen molar-refractivity contribution >= 4 is 29.2 Å². The molecule has 3 aromatic carbocycles. The van der Waals surface area contributed by atoms with E-state index in [2.05, 4.69) is 34.3 Å². The maximum absolute atomic E-state index is 13.0. The van der Waals surface area contributed by atoms with Gasteiger partial charge in [0, 0.05) is 45.2 Å². The van der Waals surface area contributed by atoms with Crippen LogP contribution in [-0.2, 0) is 20.9 Å². The molecule has 2 amide bonds. The van der Waals surface area contributed by atoms with Crippen molar-refractivity contribution in [2.45, 2.75) is 25.8 Å². The van der Waals surface area contributed by atoms with Gasteiger partial charge in [-0.1, -0.05) is 42.5 Å². The average molecular weight is 571 g/mol. The van der Waals surface area contributed by atoms with Crippen molar-refractivity contribution in [2.24, 2.45) is 5.92 Å². The molecule has 220 valence electrons. The predicted molar refractivity (Wildman–Crippen MR) is 163 cm³/mol. The number of carbonyl (C=O) groups excluding carboxylic acids is 2. The van der Waals surface area contributed by atoms with Crippen LogP contribution in [0.25, 0.3) is 11.1 Å². The Hall–Kier alpha value is -4.37. The van der Waals surface area contributed by atoms with E-state index in [1.807, 2.05) is 60.7 Å². The zero-order chi connectivity index (χ0) is 29.5. The standard InChI is InChI=1S/C33H38N4O5/c1-35-16-18-36(19-17-35)30-13-12-27(21-29(30)34-31(38)23-42-28-8-3-2-4-9-28)26-7-5-6-24(20-26)22-37(15-14-32(39)40)33(41)25-10-11-25/h2-9,12-13,20-21,25H,10-11,14-19,22-23H2,1H3,(H,34,38)(H,39,40). The molecule has 0 unspecified atom stereocenters. The number of anilines is 2. The van der Waals surface area contributed by atoms with Gasteiger partial charge < -0.3 is 29.9 Å². The van der Waals surface area contributed by atoms with Gasteiger partial charge in [-0.15, -0.1) is 0 Å². The van der Waals surface area contributed by atoms with Crippen LogP contribution in [0, 0.1) is 5.92 Å². The van der Waals surface area contributed by atoms with Crippen molar-refractivity contribution in [1.82, 2.24) is 9.80 Å². The van der Waals surface area contributed by atoms with E-state index in [-0.39, 0.29) is 37.3 Å². The van der Waals surface area contributed by atoms with Crippen LogP contribution in [0.5, 0.6) is 5.75 Å². The van der Waals surface area contributed by atoms with E-state index in [0.717, 1.165) is 67.1 Å². The molecule has 2 N–H and O–H groups in total. The molecule has 1 saturated heterocycles. The number of aliphatic carboxylic acids is 1. The topological polar surface area (TPSA) is 102 Å². The van der Waals surface area contributed by atoms with Gasteiger partial charge in [0.25, 0.3) is 5.91 Å². The first-order chi connectivity index (χ1) is 20.4. The van der Waals surface area contributed by atoms with Crippen molar-refractivity contribution in [3.8, 4) is 16.9 Å².